The van der Waals surface area contributed by atoms with Gasteiger partial charge in [0.1, 0.15) is 11.9 Å². The van der Waals surface area contributed by atoms with Gasteiger partial charge in [0.15, 0.2) is 0 Å². The highest BCUT2D eigenvalue weighted by Crippen LogP contribution is 2.29. The van der Waals surface area contributed by atoms with Crippen molar-refractivity contribution in [3.05, 3.63) is 23.9 Å². The van der Waals surface area contributed by atoms with Crippen molar-refractivity contribution in [2.75, 3.05) is 18.0 Å². The number of carbonyl (C=O) groups excluding carboxylic acids is 1. The summed E-state index contributed by atoms with van der Waals surface area (Å²) in [4.78, 5) is 17.1. The molecule has 0 radical (unpaired) electrons. The number of anilines is 1. The fourth-order valence-corrected chi connectivity index (χ4v) is 2.32. The monoisotopic (exact) mass is 317 g/mol. The van der Waals surface area contributed by atoms with E-state index in [-0.39, 0.29) is 6.04 Å². The standard InChI is InChI=1S/C14H18F3N3O2/c1-9(21)13(22)19-11-4-6-20(7-5-11)12-3-2-10(8-18-12)14(15,16)17/h2-3,8-9,11,21H,4-7H2,1H3,(H,19,22). The maximum absolute atomic E-state index is 12.5. The fourth-order valence-electron chi connectivity index (χ4n) is 2.32. The first-order valence-corrected chi connectivity index (χ1v) is 7.04. The second-order valence-electron chi connectivity index (χ2n) is 5.35. The van der Waals surface area contributed by atoms with Gasteiger partial charge in [-0.1, -0.05) is 0 Å². The van der Waals surface area contributed by atoms with Crippen LogP contribution in [0.2, 0.25) is 0 Å². The minimum atomic E-state index is -4.39. The molecule has 0 bridgehead atoms. The molecule has 1 aromatic rings. The number of piperidine rings is 1. The molecule has 1 unspecified atom stereocenters. The average Bonchev–Trinajstić information content (AvgIpc) is 2.47. The molecule has 1 atom stereocenters. The predicted octanol–water partition coefficient (Wildman–Crippen LogP) is 1.57. The Morgan fingerprint density at radius 1 is 1.41 bits per heavy atom. The van der Waals surface area contributed by atoms with E-state index < -0.39 is 23.8 Å². The van der Waals surface area contributed by atoms with Crippen LogP contribution < -0.4 is 10.2 Å². The number of aliphatic hydroxyl groups excluding tert-OH is 1. The van der Waals surface area contributed by atoms with E-state index in [0.717, 1.165) is 12.3 Å². The van der Waals surface area contributed by atoms with Crippen molar-refractivity contribution in [1.29, 1.82) is 0 Å². The van der Waals surface area contributed by atoms with Gasteiger partial charge in [-0.05, 0) is 31.9 Å². The molecule has 0 saturated carbocycles. The van der Waals surface area contributed by atoms with Crippen molar-refractivity contribution in [3.63, 3.8) is 0 Å². The molecule has 1 aliphatic rings. The summed E-state index contributed by atoms with van der Waals surface area (Å²) < 4.78 is 37.5. The Labute approximate surface area is 126 Å². The van der Waals surface area contributed by atoms with Crippen LogP contribution in [0, 0.1) is 0 Å². The minimum Gasteiger partial charge on any atom is -0.384 e. The summed E-state index contributed by atoms with van der Waals surface area (Å²) in [6.07, 6.45) is -3.29. The Morgan fingerprint density at radius 3 is 2.50 bits per heavy atom. The third kappa shape index (κ3) is 4.09. The lowest BCUT2D eigenvalue weighted by Gasteiger charge is -2.33. The minimum absolute atomic E-state index is 0.0344. The summed E-state index contributed by atoms with van der Waals surface area (Å²) in [7, 11) is 0. The topological polar surface area (TPSA) is 65.5 Å². The van der Waals surface area contributed by atoms with Gasteiger partial charge in [0.25, 0.3) is 0 Å². The first kappa shape index (κ1) is 16.5. The number of nitrogens with one attached hydrogen (secondary N) is 1. The van der Waals surface area contributed by atoms with Gasteiger partial charge < -0.3 is 15.3 Å². The van der Waals surface area contributed by atoms with E-state index in [2.05, 4.69) is 10.3 Å². The molecular formula is C14H18F3N3O2. The van der Waals surface area contributed by atoms with Crippen LogP contribution in [-0.2, 0) is 11.0 Å². The normalized spacial score (nSPS) is 18.1. The summed E-state index contributed by atoms with van der Waals surface area (Å²) in [6, 6.07) is 2.34. The van der Waals surface area contributed by atoms with Gasteiger partial charge in [-0.15, -0.1) is 0 Å². The molecule has 1 fully saturated rings. The van der Waals surface area contributed by atoms with Crippen molar-refractivity contribution in [3.8, 4) is 0 Å². The number of aromatic nitrogens is 1. The lowest BCUT2D eigenvalue weighted by molar-refractivity contribution is -0.137. The summed E-state index contributed by atoms with van der Waals surface area (Å²) in [5.74, 6) is 0.0828. The fraction of sp³-hybridized carbons (Fsp3) is 0.571. The number of nitrogens with zero attached hydrogens (tertiary/aromatic N) is 2. The smallest absolute Gasteiger partial charge is 0.384 e. The molecule has 2 N–H and O–H groups in total. The molecule has 8 heteroatoms. The molecule has 22 heavy (non-hydrogen) atoms. The Bertz CT molecular complexity index is 509. The van der Waals surface area contributed by atoms with Crippen LogP contribution >= 0.6 is 0 Å². The maximum atomic E-state index is 12.5. The zero-order valence-electron chi connectivity index (χ0n) is 12.1. The molecule has 0 aromatic carbocycles. The highest BCUT2D eigenvalue weighted by atomic mass is 19.4. The van der Waals surface area contributed by atoms with E-state index in [9.17, 15) is 18.0 Å². The van der Waals surface area contributed by atoms with E-state index >= 15 is 0 Å². The van der Waals surface area contributed by atoms with E-state index in [1.54, 1.807) is 0 Å². The first-order chi connectivity index (χ1) is 10.3. The molecule has 122 valence electrons. The number of aliphatic hydroxyl groups is 1. The number of halogens is 3. The molecule has 1 saturated heterocycles. The lowest BCUT2D eigenvalue weighted by Crippen LogP contribution is -2.47. The number of pyridine rings is 1. The summed E-state index contributed by atoms with van der Waals surface area (Å²) in [5, 5.41) is 11.9. The van der Waals surface area contributed by atoms with Gasteiger partial charge in [-0.25, -0.2) is 4.98 Å². The number of carbonyl (C=O) groups is 1. The Kier molecular flexibility index (Phi) is 4.90. The van der Waals surface area contributed by atoms with Gasteiger partial charge in [-0.2, -0.15) is 13.2 Å². The average molecular weight is 317 g/mol. The van der Waals surface area contributed by atoms with Gasteiger partial charge in [0.05, 0.1) is 5.56 Å². The number of hydrogen-bond acceptors (Lipinski definition) is 4. The molecule has 0 aliphatic carbocycles. The van der Waals surface area contributed by atoms with Gasteiger partial charge >= 0.3 is 6.18 Å². The zero-order chi connectivity index (χ0) is 16.3. The SMILES string of the molecule is CC(O)C(=O)NC1CCN(c2ccc(C(F)(F)F)cn2)CC1. The molecule has 2 rings (SSSR count). The molecule has 1 aliphatic heterocycles. The maximum Gasteiger partial charge on any atom is 0.417 e. The van der Waals surface area contributed by atoms with Gasteiger partial charge in [-0.3, -0.25) is 4.79 Å². The third-order valence-electron chi connectivity index (χ3n) is 3.62. The third-order valence-corrected chi connectivity index (χ3v) is 3.62. The van der Waals surface area contributed by atoms with Crippen LogP contribution in [0.15, 0.2) is 18.3 Å². The molecule has 0 spiro atoms. The Hall–Kier alpha value is -1.83. The van der Waals surface area contributed by atoms with Crippen molar-refractivity contribution in [1.82, 2.24) is 10.3 Å². The van der Waals surface area contributed by atoms with Crippen molar-refractivity contribution in [2.45, 2.75) is 38.1 Å². The molecule has 1 aromatic heterocycles. The predicted molar refractivity (Wildman–Crippen MR) is 74.3 cm³/mol. The Balaban J connectivity index is 1.90. The second-order valence-corrected chi connectivity index (χ2v) is 5.35. The van der Waals surface area contributed by atoms with Crippen LogP contribution in [0.25, 0.3) is 0 Å². The number of hydrogen-bond donors (Lipinski definition) is 2. The largest absolute Gasteiger partial charge is 0.417 e. The van der Waals surface area contributed by atoms with Crippen molar-refractivity contribution >= 4 is 11.7 Å². The van der Waals surface area contributed by atoms with Crippen LogP contribution in [-0.4, -0.2) is 41.2 Å². The molecule has 2 heterocycles. The van der Waals surface area contributed by atoms with Crippen molar-refractivity contribution < 1.29 is 23.1 Å². The highest BCUT2D eigenvalue weighted by molar-refractivity contribution is 5.80. The van der Waals surface area contributed by atoms with Crippen molar-refractivity contribution in [2.24, 2.45) is 0 Å². The van der Waals surface area contributed by atoms with Gasteiger partial charge in [0.2, 0.25) is 5.91 Å². The highest BCUT2D eigenvalue weighted by Gasteiger charge is 2.31. The molecule has 1 amide bonds. The zero-order valence-corrected chi connectivity index (χ0v) is 12.1. The number of rotatable bonds is 3. The lowest BCUT2D eigenvalue weighted by atomic mass is 10.0. The van der Waals surface area contributed by atoms with Crippen LogP contribution in [0.5, 0.6) is 0 Å². The number of amides is 1. The second kappa shape index (κ2) is 6.51. The summed E-state index contributed by atoms with van der Waals surface area (Å²) in [6.45, 7) is 2.57. The van der Waals surface area contributed by atoms with E-state index in [1.165, 1.54) is 13.0 Å². The van der Waals surface area contributed by atoms with Crippen LogP contribution in [0.1, 0.15) is 25.3 Å². The van der Waals surface area contributed by atoms with Gasteiger partial charge in [0, 0.05) is 25.3 Å². The van der Waals surface area contributed by atoms with E-state index in [4.69, 9.17) is 5.11 Å². The number of alkyl halides is 3. The molecular weight excluding hydrogens is 299 g/mol. The summed E-state index contributed by atoms with van der Waals surface area (Å²) in [5.41, 5.74) is -0.768. The van der Waals surface area contributed by atoms with Crippen LogP contribution in [0.4, 0.5) is 19.0 Å². The van der Waals surface area contributed by atoms with E-state index in [1.807, 2.05) is 4.90 Å². The summed E-state index contributed by atoms with van der Waals surface area (Å²) >= 11 is 0. The quantitative estimate of drug-likeness (QED) is 0.888. The van der Waals surface area contributed by atoms with E-state index in [0.29, 0.717) is 31.7 Å². The van der Waals surface area contributed by atoms with Crippen LogP contribution in [0.3, 0.4) is 0 Å². The Morgan fingerprint density at radius 2 is 2.05 bits per heavy atom. The molecule has 5 nitrogen and oxygen atoms in total. The first-order valence-electron chi connectivity index (χ1n) is 7.04.